The molecule has 1 atom stereocenters. The monoisotopic (exact) mass is 320 g/mol. The van der Waals surface area contributed by atoms with Gasteiger partial charge < -0.3 is 10.1 Å². The molecule has 0 bridgehead atoms. The molecule has 118 valence electrons. The lowest BCUT2D eigenvalue weighted by atomic mass is 10.2. The van der Waals surface area contributed by atoms with Crippen molar-refractivity contribution in [3.8, 4) is 5.75 Å². The van der Waals surface area contributed by atoms with Crippen LogP contribution in [0.2, 0.25) is 0 Å². The SMILES string of the molecule is CCOc1ccc(N[C@@H](CC)C(=O)Nc2nnc(C)s2)cc1. The van der Waals surface area contributed by atoms with Gasteiger partial charge in [-0.15, -0.1) is 10.2 Å². The van der Waals surface area contributed by atoms with Crippen LogP contribution >= 0.6 is 11.3 Å². The fourth-order valence-electron chi connectivity index (χ4n) is 1.91. The van der Waals surface area contributed by atoms with Gasteiger partial charge in [-0.05, 0) is 44.5 Å². The highest BCUT2D eigenvalue weighted by Gasteiger charge is 2.17. The van der Waals surface area contributed by atoms with Crippen LogP contribution < -0.4 is 15.4 Å². The van der Waals surface area contributed by atoms with Crippen molar-refractivity contribution in [3.05, 3.63) is 29.3 Å². The molecule has 0 saturated carbocycles. The molecule has 1 amide bonds. The molecule has 0 radical (unpaired) electrons. The number of carbonyl (C=O) groups excluding carboxylic acids is 1. The number of ether oxygens (including phenoxy) is 1. The van der Waals surface area contributed by atoms with E-state index in [0.717, 1.165) is 16.4 Å². The maximum absolute atomic E-state index is 12.3. The summed E-state index contributed by atoms with van der Waals surface area (Å²) in [6.45, 7) is 6.38. The number of aryl methyl sites for hydroxylation is 1. The van der Waals surface area contributed by atoms with E-state index in [1.165, 1.54) is 11.3 Å². The van der Waals surface area contributed by atoms with Crippen molar-refractivity contribution in [1.82, 2.24) is 10.2 Å². The first-order chi connectivity index (χ1) is 10.6. The Morgan fingerprint density at radius 1 is 1.27 bits per heavy atom. The number of carbonyl (C=O) groups is 1. The smallest absolute Gasteiger partial charge is 0.248 e. The van der Waals surface area contributed by atoms with E-state index in [4.69, 9.17) is 4.74 Å². The molecular weight excluding hydrogens is 300 g/mol. The molecule has 0 spiro atoms. The molecule has 0 aliphatic rings. The molecule has 0 fully saturated rings. The zero-order chi connectivity index (χ0) is 15.9. The number of aromatic nitrogens is 2. The minimum Gasteiger partial charge on any atom is -0.494 e. The Balaban J connectivity index is 1.97. The number of amides is 1. The van der Waals surface area contributed by atoms with Crippen LogP contribution in [-0.4, -0.2) is 28.8 Å². The molecule has 22 heavy (non-hydrogen) atoms. The van der Waals surface area contributed by atoms with Gasteiger partial charge in [0.15, 0.2) is 0 Å². The van der Waals surface area contributed by atoms with Gasteiger partial charge in [0.1, 0.15) is 16.8 Å². The molecule has 6 nitrogen and oxygen atoms in total. The highest BCUT2D eigenvalue weighted by Crippen LogP contribution is 2.18. The Labute approximate surface area is 133 Å². The lowest BCUT2D eigenvalue weighted by molar-refractivity contribution is -0.117. The molecule has 0 saturated heterocycles. The first kappa shape index (κ1) is 16.2. The third-order valence-corrected chi connectivity index (χ3v) is 3.74. The number of nitrogens with one attached hydrogen (secondary N) is 2. The number of rotatable bonds is 7. The first-order valence-electron chi connectivity index (χ1n) is 7.22. The molecule has 2 rings (SSSR count). The highest BCUT2D eigenvalue weighted by atomic mass is 32.1. The second-order valence-electron chi connectivity index (χ2n) is 4.68. The summed E-state index contributed by atoms with van der Waals surface area (Å²) in [7, 11) is 0. The molecule has 0 unspecified atom stereocenters. The summed E-state index contributed by atoms with van der Waals surface area (Å²) in [4.78, 5) is 12.3. The molecule has 1 heterocycles. The summed E-state index contributed by atoms with van der Waals surface area (Å²) < 4.78 is 5.40. The maximum atomic E-state index is 12.3. The minimum absolute atomic E-state index is 0.118. The van der Waals surface area contributed by atoms with Gasteiger partial charge in [0, 0.05) is 5.69 Å². The van der Waals surface area contributed by atoms with E-state index in [1.807, 2.05) is 45.0 Å². The molecule has 1 aromatic carbocycles. The van der Waals surface area contributed by atoms with Crippen LogP contribution in [0, 0.1) is 6.92 Å². The zero-order valence-corrected chi connectivity index (χ0v) is 13.7. The van der Waals surface area contributed by atoms with Crippen LogP contribution in [0.4, 0.5) is 10.8 Å². The molecule has 7 heteroatoms. The van der Waals surface area contributed by atoms with E-state index in [-0.39, 0.29) is 11.9 Å². The third kappa shape index (κ3) is 4.42. The number of benzene rings is 1. The van der Waals surface area contributed by atoms with Gasteiger partial charge in [-0.1, -0.05) is 18.3 Å². The van der Waals surface area contributed by atoms with Crippen LogP contribution in [0.3, 0.4) is 0 Å². The van der Waals surface area contributed by atoms with Crippen molar-refractivity contribution in [2.45, 2.75) is 33.2 Å². The van der Waals surface area contributed by atoms with Crippen LogP contribution in [0.5, 0.6) is 5.75 Å². The Kier molecular flexibility index (Phi) is 5.71. The van der Waals surface area contributed by atoms with Gasteiger partial charge in [-0.2, -0.15) is 0 Å². The fraction of sp³-hybridized carbons (Fsp3) is 0.400. The van der Waals surface area contributed by atoms with Gasteiger partial charge >= 0.3 is 0 Å². The van der Waals surface area contributed by atoms with E-state index in [1.54, 1.807) is 0 Å². The molecule has 1 aromatic heterocycles. The van der Waals surface area contributed by atoms with Crippen molar-refractivity contribution >= 4 is 28.1 Å². The van der Waals surface area contributed by atoms with Crippen molar-refractivity contribution in [2.75, 3.05) is 17.2 Å². The predicted octanol–water partition coefficient (Wildman–Crippen LogP) is 3.07. The molecule has 2 N–H and O–H groups in total. The summed E-state index contributed by atoms with van der Waals surface area (Å²) >= 11 is 1.36. The van der Waals surface area contributed by atoms with Crippen LogP contribution in [-0.2, 0) is 4.79 Å². The third-order valence-electron chi connectivity index (χ3n) is 2.99. The standard InChI is InChI=1S/C15H20N4O2S/c1-4-13(14(20)17-15-19-18-10(3)22-15)16-11-6-8-12(9-7-11)21-5-2/h6-9,13,16H,4-5H2,1-3H3,(H,17,19,20)/t13-/m0/s1. The minimum atomic E-state index is -0.331. The maximum Gasteiger partial charge on any atom is 0.248 e. The Morgan fingerprint density at radius 3 is 2.55 bits per heavy atom. The first-order valence-corrected chi connectivity index (χ1v) is 8.04. The summed E-state index contributed by atoms with van der Waals surface area (Å²) in [5.41, 5.74) is 0.874. The summed E-state index contributed by atoms with van der Waals surface area (Å²) in [5.74, 6) is 0.697. The van der Waals surface area contributed by atoms with Crippen LogP contribution in [0.1, 0.15) is 25.3 Å². The summed E-state index contributed by atoms with van der Waals surface area (Å²) in [6, 6.07) is 7.23. The van der Waals surface area contributed by atoms with Crippen molar-refractivity contribution in [2.24, 2.45) is 0 Å². The zero-order valence-electron chi connectivity index (χ0n) is 12.9. The molecule has 0 aliphatic heterocycles. The highest BCUT2D eigenvalue weighted by molar-refractivity contribution is 7.15. The molecule has 2 aromatic rings. The Morgan fingerprint density at radius 2 is 2.00 bits per heavy atom. The molecular formula is C15H20N4O2S. The second-order valence-corrected chi connectivity index (χ2v) is 5.86. The number of hydrogen-bond acceptors (Lipinski definition) is 6. The van der Waals surface area contributed by atoms with Crippen molar-refractivity contribution in [1.29, 1.82) is 0 Å². The predicted molar refractivity (Wildman–Crippen MR) is 88.6 cm³/mol. The van der Waals surface area contributed by atoms with Crippen LogP contribution in [0.25, 0.3) is 0 Å². The number of nitrogens with zero attached hydrogens (tertiary/aromatic N) is 2. The summed E-state index contributed by atoms with van der Waals surface area (Å²) in [5, 5.41) is 15.1. The average molecular weight is 320 g/mol. The van der Waals surface area contributed by atoms with Gasteiger partial charge in [0.2, 0.25) is 11.0 Å². The topological polar surface area (TPSA) is 76.1 Å². The van der Waals surface area contributed by atoms with E-state index in [9.17, 15) is 4.79 Å². The van der Waals surface area contributed by atoms with Gasteiger partial charge in [0.05, 0.1) is 6.61 Å². The lowest BCUT2D eigenvalue weighted by Gasteiger charge is -2.17. The number of anilines is 2. The van der Waals surface area contributed by atoms with Gasteiger partial charge in [-0.3, -0.25) is 10.1 Å². The average Bonchev–Trinajstić information content (AvgIpc) is 2.91. The van der Waals surface area contributed by atoms with Crippen LogP contribution in [0.15, 0.2) is 24.3 Å². The normalized spacial score (nSPS) is 11.8. The quantitative estimate of drug-likeness (QED) is 0.820. The Hall–Kier alpha value is -2.15. The van der Waals surface area contributed by atoms with Gasteiger partial charge in [-0.25, -0.2) is 0 Å². The van der Waals surface area contributed by atoms with E-state index < -0.39 is 0 Å². The van der Waals surface area contributed by atoms with Crippen molar-refractivity contribution in [3.63, 3.8) is 0 Å². The second kappa shape index (κ2) is 7.74. The van der Waals surface area contributed by atoms with E-state index >= 15 is 0 Å². The Bertz CT molecular complexity index is 612. The fourth-order valence-corrected chi connectivity index (χ4v) is 2.50. The number of hydrogen-bond donors (Lipinski definition) is 2. The largest absolute Gasteiger partial charge is 0.494 e. The van der Waals surface area contributed by atoms with Gasteiger partial charge in [0.25, 0.3) is 0 Å². The molecule has 0 aliphatic carbocycles. The summed E-state index contributed by atoms with van der Waals surface area (Å²) in [6.07, 6.45) is 0.664. The van der Waals surface area contributed by atoms with E-state index in [2.05, 4.69) is 20.8 Å². The van der Waals surface area contributed by atoms with E-state index in [0.29, 0.717) is 18.2 Å². The lowest BCUT2D eigenvalue weighted by Crippen LogP contribution is -2.34. The van der Waals surface area contributed by atoms with Crippen molar-refractivity contribution < 1.29 is 9.53 Å².